The number of hydrogen-bond donors (Lipinski definition) is 3. The molecular weight excluding hydrogens is 166 g/mol. The molecule has 7 nitrogen and oxygen atoms in total. The standard InChI is InChI=1S/C5H7N3O4/c6-8-7-5-4(11)3(10)2(1-9)12-5/h2-3,9-11H,1H2/t2-,3-/m1/s1. The molecule has 1 aliphatic rings. The number of nitrogens with zero attached hydrogens (tertiary/aromatic N) is 3. The van der Waals surface area contributed by atoms with Crippen LogP contribution in [-0.4, -0.2) is 34.1 Å². The van der Waals surface area contributed by atoms with Gasteiger partial charge in [0.2, 0.25) is 5.88 Å². The van der Waals surface area contributed by atoms with E-state index in [0.717, 1.165) is 0 Å². The van der Waals surface area contributed by atoms with Crippen molar-refractivity contribution < 1.29 is 20.1 Å². The van der Waals surface area contributed by atoms with Gasteiger partial charge in [0.25, 0.3) is 0 Å². The van der Waals surface area contributed by atoms with Crippen LogP contribution in [0.25, 0.3) is 10.4 Å². The highest BCUT2D eigenvalue weighted by Gasteiger charge is 2.34. The minimum atomic E-state index is -1.32. The van der Waals surface area contributed by atoms with Gasteiger partial charge in [-0.2, -0.15) is 0 Å². The molecular formula is C5H7N3O4. The van der Waals surface area contributed by atoms with Crippen molar-refractivity contribution >= 4 is 0 Å². The zero-order valence-corrected chi connectivity index (χ0v) is 5.95. The fraction of sp³-hybridized carbons (Fsp3) is 0.600. The Kier molecular flexibility index (Phi) is 2.39. The van der Waals surface area contributed by atoms with Gasteiger partial charge in [0, 0.05) is 4.91 Å². The smallest absolute Gasteiger partial charge is 0.224 e. The molecule has 0 amide bonds. The van der Waals surface area contributed by atoms with Crippen molar-refractivity contribution in [2.24, 2.45) is 5.11 Å². The van der Waals surface area contributed by atoms with E-state index in [4.69, 9.17) is 20.9 Å². The third-order valence-corrected chi connectivity index (χ3v) is 1.43. The SMILES string of the molecule is [N-]=[N+]=NC1=C(O)[C@H](O)[C@@H](CO)O1. The fourth-order valence-corrected chi connectivity index (χ4v) is 0.823. The summed E-state index contributed by atoms with van der Waals surface area (Å²) in [6.07, 6.45) is -2.28. The van der Waals surface area contributed by atoms with Gasteiger partial charge in [0.1, 0.15) is 0 Å². The van der Waals surface area contributed by atoms with Crippen molar-refractivity contribution in [3.05, 3.63) is 22.1 Å². The first-order chi connectivity index (χ1) is 5.70. The Morgan fingerprint density at radius 1 is 1.67 bits per heavy atom. The molecule has 0 saturated carbocycles. The Bertz CT molecular complexity index is 257. The highest BCUT2D eigenvalue weighted by atomic mass is 16.5. The van der Waals surface area contributed by atoms with Crippen molar-refractivity contribution in [3.63, 3.8) is 0 Å². The minimum Gasteiger partial charge on any atom is -0.506 e. The summed E-state index contributed by atoms with van der Waals surface area (Å²) in [5.41, 5.74) is 7.98. The second kappa shape index (κ2) is 3.31. The van der Waals surface area contributed by atoms with E-state index in [0.29, 0.717) is 0 Å². The summed E-state index contributed by atoms with van der Waals surface area (Å²) in [6, 6.07) is 0. The Morgan fingerprint density at radius 3 is 2.75 bits per heavy atom. The van der Waals surface area contributed by atoms with Crippen molar-refractivity contribution in [2.45, 2.75) is 12.2 Å². The molecule has 0 unspecified atom stereocenters. The van der Waals surface area contributed by atoms with Gasteiger partial charge in [-0.3, -0.25) is 0 Å². The van der Waals surface area contributed by atoms with Crippen LogP contribution in [0.15, 0.2) is 16.8 Å². The second-order valence-corrected chi connectivity index (χ2v) is 2.16. The third kappa shape index (κ3) is 1.28. The van der Waals surface area contributed by atoms with Gasteiger partial charge in [-0.15, -0.1) is 0 Å². The van der Waals surface area contributed by atoms with E-state index in [9.17, 15) is 0 Å². The molecule has 66 valence electrons. The molecule has 0 spiro atoms. The molecule has 1 heterocycles. The van der Waals surface area contributed by atoms with Crippen LogP contribution in [0, 0.1) is 0 Å². The molecule has 0 aromatic carbocycles. The molecule has 0 bridgehead atoms. The van der Waals surface area contributed by atoms with E-state index in [1.807, 2.05) is 0 Å². The summed E-state index contributed by atoms with van der Waals surface area (Å²) in [5.74, 6) is -0.934. The average Bonchev–Trinajstić information content (AvgIpc) is 2.33. The maximum Gasteiger partial charge on any atom is 0.224 e. The highest BCUT2D eigenvalue weighted by molar-refractivity contribution is 5.12. The third-order valence-electron chi connectivity index (χ3n) is 1.43. The molecule has 7 heteroatoms. The zero-order chi connectivity index (χ0) is 9.14. The van der Waals surface area contributed by atoms with Crippen molar-refractivity contribution in [2.75, 3.05) is 6.61 Å². The van der Waals surface area contributed by atoms with Gasteiger partial charge in [-0.05, 0) is 10.6 Å². The van der Waals surface area contributed by atoms with Crippen LogP contribution in [-0.2, 0) is 4.74 Å². The summed E-state index contributed by atoms with van der Waals surface area (Å²) < 4.78 is 4.68. The molecule has 1 rings (SSSR count). The molecule has 0 radical (unpaired) electrons. The summed E-state index contributed by atoms with van der Waals surface area (Å²) >= 11 is 0. The number of hydrogen-bond acceptors (Lipinski definition) is 5. The largest absolute Gasteiger partial charge is 0.506 e. The lowest BCUT2D eigenvalue weighted by Crippen LogP contribution is -2.27. The van der Waals surface area contributed by atoms with Crippen molar-refractivity contribution in [1.82, 2.24) is 0 Å². The van der Waals surface area contributed by atoms with Gasteiger partial charge in [0.15, 0.2) is 18.0 Å². The first kappa shape index (κ1) is 8.66. The highest BCUT2D eigenvalue weighted by Crippen LogP contribution is 2.24. The molecule has 0 saturated heterocycles. The van der Waals surface area contributed by atoms with Gasteiger partial charge in [-0.25, -0.2) is 0 Å². The molecule has 0 fully saturated rings. The first-order valence-corrected chi connectivity index (χ1v) is 3.14. The lowest BCUT2D eigenvalue weighted by Gasteiger charge is -2.10. The maximum absolute atomic E-state index is 9.08. The zero-order valence-electron chi connectivity index (χ0n) is 5.95. The van der Waals surface area contributed by atoms with E-state index in [1.165, 1.54) is 0 Å². The van der Waals surface area contributed by atoms with Gasteiger partial charge in [0.05, 0.1) is 6.61 Å². The van der Waals surface area contributed by atoms with Crippen LogP contribution in [0.3, 0.4) is 0 Å². The number of aliphatic hydroxyl groups is 3. The maximum atomic E-state index is 9.08. The van der Waals surface area contributed by atoms with Crippen LogP contribution < -0.4 is 0 Å². The Hall–Kier alpha value is -1.43. The van der Waals surface area contributed by atoms with E-state index in [2.05, 4.69) is 14.8 Å². The topological polar surface area (TPSA) is 119 Å². The van der Waals surface area contributed by atoms with Crippen LogP contribution in [0.2, 0.25) is 0 Å². The number of azide groups is 1. The molecule has 3 N–H and O–H groups in total. The van der Waals surface area contributed by atoms with Crippen LogP contribution in [0.1, 0.15) is 0 Å². The molecule has 2 atom stereocenters. The predicted octanol–water partition coefficient (Wildman–Crippen LogP) is -0.224. The van der Waals surface area contributed by atoms with E-state index in [1.54, 1.807) is 0 Å². The summed E-state index contributed by atoms with van der Waals surface area (Å²) in [6.45, 7) is -0.463. The first-order valence-electron chi connectivity index (χ1n) is 3.14. The van der Waals surface area contributed by atoms with Crippen LogP contribution in [0.4, 0.5) is 0 Å². The lowest BCUT2D eigenvalue weighted by molar-refractivity contribution is 0.00347. The lowest BCUT2D eigenvalue weighted by atomic mass is 10.2. The summed E-state index contributed by atoms with van der Waals surface area (Å²) in [5, 5.41) is 29.6. The molecule has 1 aliphatic heterocycles. The monoisotopic (exact) mass is 173 g/mol. The summed E-state index contributed by atoms with van der Waals surface area (Å²) in [4.78, 5) is 2.36. The quantitative estimate of drug-likeness (QED) is 0.303. The normalized spacial score (nSPS) is 28.2. The van der Waals surface area contributed by atoms with Crippen molar-refractivity contribution in [3.8, 4) is 0 Å². The molecule has 12 heavy (non-hydrogen) atoms. The Morgan fingerprint density at radius 2 is 2.33 bits per heavy atom. The predicted molar refractivity (Wildman–Crippen MR) is 36.8 cm³/mol. The Balaban J connectivity index is 2.83. The van der Waals surface area contributed by atoms with Crippen LogP contribution >= 0.6 is 0 Å². The Labute approximate surface area is 67.1 Å². The fourth-order valence-electron chi connectivity index (χ4n) is 0.823. The van der Waals surface area contributed by atoms with E-state index >= 15 is 0 Å². The minimum absolute atomic E-state index is 0.385. The number of aliphatic hydroxyl groups excluding tert-OH is 3. The molecule has 0 aliphatic carbocycles. The van der Waals surface area contributed by atoms with Gasteiger partial charge in [-0.1, -0.05) is 0 Å². The van der Waals surface area contributed by atoms with Crippen LogP contribution in [0.5, 0.6) is 0 Å². The summed E-state index contributed by atoms with van der Waals surface area (Å²) in [7, 11) is 0. The van der Waals surface area contributed by atoms with E-state index < -0.39 is 24.6 Å². The number of rotatable bonds is 2. The van der Waals surface area contributed by atoms with Crippen molar-refractivity contribution in [1.29, 1.82) is 0 Å². The van der Waals surface area contributed by atoms with Gasteiger partial charge < -0.3 is 20.1 Å². The number of ether oxygens (including phenoxy) is 1. The second-order valence-electron chi connectivity index (χ2n) is 2.16. The molecule has 0 aromatic heterocycles. The average molecular weight is 173 g/mol. The molecule has 0 aromatic rings. The van der Waals surface area contributed by atoms with Gasteiger partial charge >= 0.3 is 0 Å². The van der Waals surface area contributed by atoms with E-state index in [-0.39, 0.29) is 5.88 Å².